The number of allylic oxidation sites excluding steroid dienone is 1. The first-order chi connectivity index (χ1) is 3.31. The normalized spacial score (nSPS) is 10.9. The Kier molecular flexibility index (Phi) is 3.42. The van der Waals surface area contributed by atoms with Gasteiger partial charge in [0.15, 0.2) is 5.22 Å². The molecule has 0 unspecified atom stereocenters. The average molecular weight is 120 g/mol. The van der Waals surface area contributed by atoms with Crippen molar-refractivity contribution in [1.82, 2.24) is 0 Å². The van der Waals surface area contributed by atoms with E-state index >= 15 is 0 Å². The van der Waals surface area contributed by atoms with Gasteiger partial charge in [-0.1, -0.05) is 0 Å². The topological polar surface area (TPSA) is 26.3 Å². The van der Waals surface area contributed by atoms with Crippen LogP contribution in [0.2, 0.25) is 0 Å². The summed E-state index contributed by atoms with van der Waals surface area (Å²) in [6.07, 6.45) is 1.45. The zero-order chi connectivity index (χ0) is 5.70. The van der Waals surface area contributed by atoms with E-state index in [0.29, 0.717) is 0 Å². The molecule has 0 bridgehead atoms. The van der Waals surface area contributed by atoms with Crippen LogP contribution in [0.1, 0.15) is 6.92 Å². The molecule has 0 saturated heterocycles. The van der Waals surface area contributed by atoms with Gasteiger partial charge in [0.25, 0.3) is 0 Å². The fourth-order valence-corrected chi connectivity index (χ4v) is 0.130. The lowest BCUT2D eigenvalue weighted by atomic mass is 10.7. The van der Waals surface area contributed by atoms with Crippen LogP contribution in [-0.4, -0.2) is 6.47 Å². The highest BCUT2D eigenvalue weighted by Gasteiger charge is 1.83. The largest absolute Gasteiger partial charge is 0.424 e. The fraction of sp³-hybridized carbons (Fsp3) is 0.250. The second-order valence-electron chi connectivity index (χ2n) is 0.778. The van der Waals surface area contributed by atoms with Crippen LogP contribution in [0.3, 0.4) is 0 Å². The van der Waals surface area contributed by atoms with Crippen LogP contribution in [0.4, 0.5) is 0 Å². The molecule has 0 fully saturated rings. The van der Waals surface area contributed by atoms with Crippen LogP contribution in [0, 0.1) is 0 Å². The van der Waals surface area contributed by atoms with Crippen LogP contribution < -0.4 is 0 Å². The second kappa shape index (κ2) is 3.68. The summed E-state index contributed by atoms with van der Waals surface area (Å²) < 4.78 is 4.01. The first-order valence-electron chi connectivity index (χ1n) is 1.67. The summed E-state index contributed by atoms with van der Waals surface area (Å²) in [7, 11) is 0. The van der Waals surface area contributed by atoms with Gasteiger partial charge in [0.05, 0.1) is 0 Å². The minimum atomic E-state index is 0.0509. The standard InChI is InChI=1S/C4H4ClO2/c1-2-4(5)7-3-6/h2H,1H3/b4-2-. The second-order valence-corrected chi connectivity index (χ2v) is 1.15. The summed E-state index contributed by atoms with van der Waals surface area (Å²) in [5, 5.41) is 0.0509. The van der Waals surface area contributed by atoms with Gasteiger partial charge in [0.1, 0.15) is 0 Å². The highest BCUT2D eigenvalue weighted by molar-refractivity contribution is 6.28. The van der Waals surface area contributed by atoms with Crippen molar-refractivity contribution in [2.24, 2.45) is 0 Å². The maximum absolute atomic E-state index is 9.30. The van der Waals surface area contributed by atoms with E-state index in [1.807, 2.05) is 0 Å². The lowest BCUT2D eigenvalue weighted by molar-refractivity contribution is 0.386. The Balaban J connectivity index is 3.36. The third kappa shape index (κ3) is 3.33. The van der Waals surface area contributed by atoms with Gasteiger partial charge in [-0.15, -0.1) is 0 Å². The third-order valence-corrected chi connectivity index (χ3v) is 0.661. The molecule has 0 N–H and O–H groups in total. The molecule has 0 saturated carbocycles. The predicted molar refractivity (Wildman–Crippen MR) is 26.4 cm³/mol. The molecule has 0 aromatic rings. The van der Waals surface area contributed by atoms with E-state index in [4.69, 9.17) is 11.6 Å². The molecule has 0 rings (SSSR count). The predicted octanol–water partition coefficient (Wildman–Crippen LogP) is 1.17. The van der Waals surface area contributed by atoms with Gasteiger partial charge in [0, 0.05) is 0 Å². The van der Waals surface area contributed by atoms with Crippen molar-refractivity contribution in [3.63, 3.8) is 0 Å². The van der Waals surface area contributed by atoms with E-state index in [0.717, 1.165) is 0 Å². The Hall–Kier alpha value is -0.500. The van der Waals surface area contributed by atoms with Crippen LogP contribution >= 0.6 is 11.6 Å². The van der Waals surface area contributed by atoms with E-state index in [-0.39, 0.29) is 5.22 Å². The molecule has 0 aliphatic carbocycles. The minimum Gasteiger partial charge on any atom is -0.406 e. The molecule has 3 heteroatoms. The van der Waals surface area contributed by atoms with Crippen LogP contribution in [-0.2, 0) is 9.53 Å². The van der Waals surface area contributed by atoms with Gasteiger partial charge in [-0.05, 0) is 24.6 Å². The number of rotatable bonds is 2. The van der Waals surface area contributed by atoms with Crippen LogP contribution in [0.15, 0.2) is 11.3 Å². The molecule has 0 atom stereocenters. The molecule has 0 aromatic heterocycles. The molecule has 0 amide bonds. The summed E-state index contributed by atoms with van der Waals surface area (Å²) in [5.41, 5.74) is 0. The number of hydrogen-bond acceptors (Lipinski definition) is 2. The van der Waals surface area contributed by atoms with E-state index in [9.17, 15) is 4.79 Å². The molecule has 0 heterocycles. The Morgan fingerprint density at radius 2 is 2.57 bits per heavy atom. The Bertz CT molecular complexity index is 87.7. The third-order valence-electron chi connectivity index (χ3n) is 0.366. The summed E-state index contributed by atoms with van der Waals surface area (Å²) in [4.78, 5) is 9.30. The number of hydrogen-bond donors (Lipinski definition) is 0. The van der Waals surface area contributed by atoms with Crippen molar-refractivity contribution in [3.8, 4) is 0 Å². The SMILES string of the molecule is C/C=C(/Cl)O[C]=O. The molecule has 7 heavy (non-hydrogen) atoms. The number of halogens is 1. The summed E-state index contributed by atoms with van der Waals surface area (Å²) >= 11 is 5.14. The van der Waals surface area contributed by atoms with Gasteiger partial charge < -0.3 is 4.74 Å². The zero-order valence-electron chi connectivity index (χ0n) is 3.77. The van der Waals surface area contributed by atoms with Gasteiger partial charge >= 0.3 is 6.47 Å². The quantitative estimate of drug-likeness (QED) is 0.510. The minimum absolute atomic E-state index is 0.0509. The Labute approximate surface area is 46.7 Å². The fourth-order valence-electron chi connectivity index (χ4n) is 0.0987. The van der Waals surface area contributed by atoms with Crippen LogP contribution in [0.5, 0.6) is 0 Å². The maximum Gasteiger partial charge on any atom is 0.424 e. The molecule has 0 aromatic carbocycles. The smallest absolute Gasteiger partial charge is 0.406 e. The van der Waals surface area contributed by atoms with Crippen LogP contribution in [0.25, 0.3) is 0 Å². The van der Waals surface area contributed by atoms with Gasteiger partial charge in [0.2, 0.25) is 0 Å². The first-order valence-corrected chi connectivity index (χ1v) is 2.05. The van der Waals surface area contributed by atoms with E-state index in [2.05, 4.69) is 4.74 Å². The van der Waals surface area contributed by atoms with Crippen molar-refractivity contribution in [2.75, 3.05) is 0 Å². The zero-order valence-corrected chi connectivity index (χ0v) is 4.53. The molecule has 2 nitrogen and oxygen atoms in total. The van der Waals surface area contributed by atoms with Crippen molar-refractivity contribution < 1.29 is 9.53 Å². The van der Waals surface area contributed by atoms with Gasteiger partial charge in [-0.3, -0.25) is 0 Å². The summed E-state index contributed by atoms with van der Waals surface area (Å²) in [5.74, 6) is 0. The monoisotopic (exact) mass is 119 g/mol. The summed E-state index contributed by atoms with van der Waals surface area (Å²) in [6, 6.07) is 0. The number of carbonyl (C=O) groups excluding carboxylic acids is 1. The molecule has 0 aliphatic heterocycles. The highest BCUT2D eigenvalue weighted by Crippen LogP contribution is 1.98. The highest BCUT2D eigenvalue weighted by atomic mass is 35.5. The van der Waals surface area contributed by atoms with Crippen molar-refractivity contribution >= 4 is 18.1 Å². The number of ether oxygens (including phenoxy) is 1. The Morgan fingerprint density at radius 1 is 2.00 bits per heavy atom. The van der Waals surface area contributed by atoms with E-state index in [1.54, 1.807) is 6.92 Å². The molecule has 0 aliphatic rings. The summed E-state index contributed by atoms with van der Waals surface area (Å²) in [6.45, 7) is 2.82. The Morgan fingerprint density at radius 3 is 2.71 bits per heavy atom. The lowest BCUT2D eigenvalue weighted by Gasteiger charge is -1.84. The molecule has 0 spiro atoms. The van der Waals surface area contributed by atoms with Gasteiger partial charge in [-0.2, -0.15) is 0 Å². The first kappa shape index (κ1) is 6.50. The molecule has 1 radical (unpaired) electrons. The van der Waals surface area contributed by atoms with E-state index in [1.165, 1.54) is 12.5 Å². The van der Waals surface area contributed by atoms with E-state index < -0.39 is 0 Å². The molecular weight excluding hydrogens is 115 g/mol. The van der Waals surface area contributed by atoms with Gasteiger partial charge in [-0.25, -0.2) is 4.79 Å². The molecule has 39 valence electrons. The van der Waals surface area contributed by atoms with Crippen molar-refractivity contribution in [1.29, 1.82) is 0 Å². The van der Waals surface area contributed by atoms with Crippen molar-refractivity contribution in [2.45, 2.75) is 6.92 Å². The molecular formula is C4H4ClO2. The maximum atomic E-state index is 9.30. The average Bonchev–Trinajstić information content (AvgIpc) is 1.68. The lowest BCUT2D eigenvalue weighted by Crippen LogP contribution is -1.77. The van der Waals surface area contributed by atoms with Crippen molar-refractivity contribution in [3.05, 3.63) is 11.3 Å².